The van der Waals surface area contributed by atoms with Crippen LogP contribution in [0.5, 0.6) is 0 Å². The minimum atomic E-state index is -0.540. The Morgan fingerprint density at radius 3 is 2.59 bits per heavy atom. The third kappa shape index (κ3) is 6.52. The maximum Gasteiger partial charge on any atom is 0.240 e. The Bertz CT molecular complexity index is 840. The maximum absolute atomic E-state index is 12.3. The Labute approximate surface area is 174 Å². The number of anilines is 1. The summed E-state index contributed by atoms with van der Waals surface area (Å²) in [4.78, 5) is 36.0. The van der Waals surface area contributed by atoms with Gasteiger partial charge in [-0.15, -0.1) is 5.10 Å². The number of Topliss-reactive ketones (excluding diaryl/α,β-unsaturated/α-hetero) is 1. The molecule has 1 heterocycles. The Hall–Kier alpha value is -2.48. The highest BCUT2D eigenvalue weighted by Gasteiger charge is 2.32. The second-order valence-corrected chi connectivity index (χ2v) is 8.52. The van der Waals surface area contributed by atoms with Gasteiger partial charge in [0.25, 0.3) is 0 Å². The lowest BCUT2D eigenvalue weighted by Crippen LogP contribution is -2.28. The molecule has 0 bridgehead atoms. The van der Waals surface area contributed by atoms with Crippen molar-refractivity contribution in [3.05, 3.63) is 29.8 Å². The predicted octanol–water partition coefficient (Wildman–Crippen LogP) is 3.91. The van der Waals surface area contributed by atoms with Gasteiger partial charge >= 0.3 is 0 Å². The normalized spacial score (nSPS) is 21.3. The van der Waals surface area contributed by atoms with Crippen molar-refractivity contribution in [2.45, 2.75) is 63.5 Å². The molecule has 2 aliphatic rings. The average Bonchev–Trinajstić information content (AvgIpc) is 3.00. The quantitative estimate of drug-likeness (QED) is 0.564. The van der Waals surface area contributed by atoms with Crippen LogP contribution in [0.15, 0.2) is 34.5 Å². The van der Waals surface area contributed by atoms with Gasteiger partial charge in [-0.05, 0) is 44.7 Å². The molecule has 7 nitrogen and oxygen atoms in total. The van der Waals surface area contributed by atoms with Crippen molar-refractivity contribution in [1.82, 2.24) is 5.32 Å². The van der Waals surface area contributed by atoms with Crippen molar-refractivity contribution in [2.75, 3.05) is 5.32 Å². The van der Waals surface area contributed by atoms with Gasteiger partial charge in [0.05, 0.1) is 0 Å². The number of ketones is 1. The molecule has 2 fully saturated rings. The molecule has 0 spiro atoms. The van der Waals surface area contributed by atoms with Crippen molar-refractivity contribution >= 4 is 45.9 Å². The summed E-state index contributed by atoms with van der Waals surface area (Å²) in [6, 6.07) is 6.74. The van der Waals surface area contributed by atoms with Crippen molar-refractivity contribution in [1.29, 1.82) is 0 Å². The lowest BCUT2D eigenvalue weighted by molar-refractivity contribution is -0.122. The maximum atomic E-state index is 12.3. The number of hydrogen-bond acceptors (Lipinski definition) is 6. The SMILES string of the molecule is CC(=O)c1cccc(NC(=O)C[C@H]2S/C(=N/N=C3CCCCCCC3)NC2=O)c1. The topological polar surface area (TPSA) is 100.0 Å². The van der Waals surface area contributed by atoms with E-state index < -0.39 is 5.25 Å². The van der Waals surface area contributed by atoms with Crippen molar-refractivity contribution < 1.29 is 14.4 Å². The molecule has 1 saturated carbocycles. The number of nitrogens with zero attached hydrogens (tertiary/aromatic N) is 2. The molecule has 0 aromatic heterocycles. The number of rotatable bonds is 5. The van der Waals surface area contributed by atoms with Gasteiger partial charge in [-0.3, -0.25) is 14.4 Å². The molecule has 8 heteroatoms. The predicted molar refractivity (Wildman–Crippen MR) is 116 cm³/mol. The molecule has 29 heavy (non-hydrogen) atoms. The number of nitrogens with one attached hydrogen (secondary N) is 2. The van der Waals surface area contributed by atoms with E-state index in [9.17, 15) is 14.4 Å². The summed E-state index contributed by atoms with van der Waals surface area (Å²) in [6.45, 7) is 1.47. The van der Waals surface area contributed by atoms with E-state index in [0.717, 1.165) is 31.4 Å². The molecular formula is C21H26N4O3S. The molecule has 0 unspecified atom stereocenters. The van der Waals surface area contributed by atoms with Crippen LogP contribution >= 0.6 is 11.8 Å². The van der Waals surface area contributed by atoms with Gasteiger partial charge in [0.1, 0.15) is 5.25 Å². The van der Waals surface area contributed by atoms with E-state index in [-0.39, 0.29) is 24.0 Å². The highest BCUT2D eigenvalue weighted by molar-refractivity contribution is 8.15. The van der Waals surface area contributed by atoms with Gasteiger partial charge in [0.15, 0.2) is 11.0 Å². The van der Waals surface area contributed by atoms with E-state index in [1.807, 2.05) is 0 Å². The second kappa shape index (κ2) is 10.3. The molecule has 1 aliphatic heterocycles. The summed E-state index contributed by atoms with van der Waals surface area (Å²) in [5.74, 6) is -0.594. The van der Waals surface area contributed by atoms with Gasteiger partial charge < -0.3 is 10.6 Å². The Kier molecular flexibility index (Phi) is 7.57. The molecule has 3 rings (SSSR count). The molecule has 1 aromatic rings. The number of hydrogen-bond donors (Lipinski definition) is 2. The van der Waals surface area contributed by atoms with Crippen molar-refractivity contribution in [2.24, 2.45) is 10.2 Å². The molecule has 154 valence electrons. The van der Waals surface area contributed by atoms with E-state index >= 15 is 0 Å². The first-order valence-corrected chi connectivity index (χ1v) is 10.9. The van der Waals surface area contributed by atoms with Gasteiger partial charge in [-0.2, -0.15) is 5.10 Å². The van der Waals surface area contributed by atoms with Crippen LogP contribution in [0, 0.1) is 0 Å². The third-order valence-electron chi connectivity index (χ3n) is 4.91. The molecule has 1 atom stereocenters. The van der Waals surface area contributed by atoms with Crippen LogP contribution in [0.25, 0.3) is 0 Å². The number of thioether (sulfide) groups is 1. The summed E-state index contributed by atoms with van der Waals surface area (Å²) < 4.78 is 0. The van der Waals surface area contributed by atoms with Gasteiger partial charge in [-0.25, -0.2) is 0 Å². The van der Waals surface area contributed by atoms with E-state index in [1.165, 1.54) is 37.9 Å². The Morgan fingerprint density at radius 1 is 1.14 bits per heavy atom. The van der Waals surface area contributed by atoms with Crippen LogP contribution < -0.4 is 10.6 Å². The zero-order valence-corrected chi connectivity index (χ0v) is 17.4. The van der Waals surface area contributed by atoms with E-state index in [4.69, 9.17) is 0 Å². The molecule has 0 radical (unpaired) electrons. The fourth-order valence-electron chi connectivity index (χ4n) is 3.31. The van der Waals surface area contributed by atoms with Crippen molar-refractivity contribution in [3.63, 3.8) is 0 Å². The molecule has 1 saturated heterocycles. The van der Waals surface area contributed by atoms with E-state index in [0.29, 0.717) is 16.4 Å². The van der Waals surface area contributed by atoms with Crippen LogP contribution in [0.3, 0.4) is 0 Å². The second-order valence-electron chi connectivity index (χ2n) is 7.32. The summed E-state index contributed by atoms with van der Waals surface area (Å²) in [7, 11) is 0. The van der Waals surface area contributed by atoms with Gasteiger partial charge in [0, 0.05) is 23.4 Å². The number of benzene rings is 1. The first kappa shape index (κ1) is 21.2. The molecule has 2 amide bonds. The summed E-state index contributed by atoms with van der Waals surface area (Å²) >= 11 is 1.23. The largest absolute Gasteiger partial charge is 0.326 e. The lowest BCUT2D eigenvalue weighted by Gasteiger charge is -2.09. The first-order chi connectivity index (χ1) is 14.0. The smallest absolute Gasteiger partial charge is 0.240 e. The summed E-state index contributed by atoms with van der Waals surface area (Å²) in [6.07, 6.45) is 7.96. The van der Waals surface area contributed by atoms with Crippen LogP contribution in [-0.2, 0) is 9.59 Å². The van der Waals surface area contributed by atoms with Crippen LogP contribution in [0.4, 0.5) is 5.69 Å². The van der Waals surface area contributed by atoms with E-state index in [2.05, 4.69) is 20.8 Å². The minimum absolute atomic E-state index is 0.0242. The van der Waals surface area contributed by atoms with Crippen LogP contribution in [-0.4, -0.2) is 33.7 Å². The molecule has 2 N–H and O–H groups in total. The van der Waals surface area contributed by atoms with E-state index in [1.54, 1.807) is 24.3 Å². The summed E-state index contributed by atoms with van der Waals surface area (Å²) in [5.41, 5.74) is 2.15. The average molecular weight is 415 g/mol. The minimum Gasteiger partial charge on any atom is -0.326 e. The summed E-state index contributed by atoms with van der Waals surface area (Å²) in [5, 5.41) is 13.9. The monoisotopic (exact) mass is 414 g/mol. The zero-order chi connectivity index (χ0) is 20.6. The number of carbonyl (C=O) groups excluding carboxylic acids is 3. The molecular weight excluding hydrogens is 388 g/mol. The molecule has 1 aromatic carbocycles. The fourth-order valence-corrected chi connectivity index (χ4v) is 4.23. The Morgan fingerprint density at radius 2 is 1.86 bits per heavy atom. The zero-order valence-electron chi connectivity index (χ0n) is 16.6. The number of carbonyl (C=O) groups is 3. The first-order valence-electron chi connectivity index (χ1n) is 10.0. The third-order valence-corrected chi connectivity index (χ3v) is 5.99. The van der Waals surface area contributed by atoms with Gasteiger partial charge in [0.2, 0.25) is 11.8 Å². The molecule has 1 aliphatic carbocycles. The van der Waals surface area contributed by atoms with Crippen LogP contribution in [0.2, 0.25) is 0 Å². The van der Waals surface area contributed by atoms with Gasteiger partial charge in [-0.1, -0.05) is 43.2 Å². The lowest BCUT2D eigenvalue weighted by atomic mass is 9.99. The number of amides is 2. The number of amidine groups is 1. The standard InChI is InChI=1S/C21H26N4O3S/c1-14(26)15-8-7-11-17(12-15)22-19(27)13-18-20(28)23-21(29-18)25-24-16-9-5-3-2-4-6-10-16/h7-8,11-12,18H,2-6,9-10,13H2,1H3,(H,22,27)(H,23,25,28)/t18-/m1/s1. The highest BCUT2D eigenvalue weighted by Crippen LogP contribution is 2.24. The van der Waals surface area contributed by atoms with Crippen LogP contribution in [0.1, 0.15) is 68.6 Å². The Balaban J connectivity index is 1.55. The fraction of sp³-hybridized carbons (Fsp3) is 0.476. The van der Waals surface area contributed by atoms with Crippen molar-refractivity contribution in [3.8, 4) is 0 Å². The highest BCUT2D eigenvalue weighted by atomic mass is 32.2.